The van der Waals surface area contributed by atoms with E-state index in [1.54, 1.807) is 0 Å². The summed E-state index contributed by atoms with van der Waals surface area (Å²) in [6.07, 6.45) is 11.2. The maximum Gasteiger partial charge on any atom is 2.00 e. The van der Waals surface area contributed by atoms with Crippen LogP contribution < -0.4 is 21.2 Å². The molecule has 4 aromatic rings. The summed E-state index contributed by atoms with van der Waals surface area (Å²) in [5.41, 5.74) is 0. The molecule has 0 spiro atoms. The number of hydrogen-bond donors (Lipinski definition) is 0. The van der Waals surface area contributed by atoms with Crippen LogP contribution >= 0.6 is 15.8 Å². The molecule has 0 atom stereocenters. The minimum absolute atomic E-state index is 0. The summed E-state index contributed by atoms with van der Waals surface area (Å²) < 4.78 is 0. The van der Waals surface area contributed by atoms with Crippen molar-refractivity contribution in [3.63, 3.8) is 0 Å². The molecule has 4 rings (SSSR count). The van der Waals surface area contributed by atoms with Gasteiger partial charge in [0.05, 0.1) is 0 Å². The topological polar surface area (TPSA) is 0 Å². The molecule has 202 valence electrons. The first kappa shape index (κ1) is 32.6. The zero-order valence-electron chi connectivity index (χ0n) is 22.5. The minimum atomic E-state index is -0.309. The van der Waals surface area contributed by atoms with Crippen LogP contribution in [0.1, 0.15) is 44.9 Å². The fraction of sp³-hybridized carbons (Fsp3) is 0.257. The third kappa shape index (κ3) is 11.7. The molecule has 0 aliphatic heterocycles. The molecule has 0 saturated carbocycles. The summed E-state index contributed by atoms with van der Waals surface area (Å²) in [5, 5.41) is 5.94. The number of rotatable bonds is 13. The Hall–Kier alpha value is -1.57. The molecular weight excluding hydrogens is 677 g/mol. The molecule has 0 bridgehead atoms. The smallest absolute Gasteiger partial charge is 0.343 e. The second-order valence-electron chi connectivity index (χ2n) is 9.12. The minimum Gasteiger partial charge on any atom is -0.343 e. The van der Waals surface area contributed by atoms with Gasteiger partial charge in [-0.15, -0.1) is 0 Å². The van der Waals surface area contributed by atoms with Gasteiger partial charge in [-0.2, -0.15) is 12.8 Å². The maximum atomic E-state index is 3.77. The van der Waals surface area contributed by atoms with Crippen molar-refractivity contribution >= 4 is 37.1 Å². The molecule has 0 aliphatic carbocycles. The molecule has 0 heterocycles. The van der Waals surface area contributed by atoms with Crippen molar-refractivity contribution in [2.75, 3.05) is 12.3 Å². The van der Waals surface area contributed by atoms with Gasteiger partial charge in [0.1, 0.15) is 0 Å². The van der Waals surface area contributed by atoms with Crippen molar-refractivity contribution in [3.05, 3.63) is 135 Å². The fourth-order valence-electron chi connectivity index (χ4n) is 4.34. The van der Waals surface area contributed by atoms with Crippen molar-refractivity contribution in [1.29, 1.82) is 0 Å². The van der Waals surface area contributed by atoms with Crippen LogP contribution in [0.2, 0.25) is 0 Å². The zero-order chi connectivity index (χ0) is 26.0. The Morgan fingerprint density at radius 3 is 0.868 bits per heavy atom. The van der Waals surface area contributed by atoms with E-state index in [-0.39, 0.29) is 36.9 Å². The molecule has 0 aliphatic rings. The van der Waals surface area contributed by atoms with E-state index < -0.39 is 0 Å². The molecule has 38 heavy (non-hydrogen) atoms. The zero-order valence-corrected chi connectivity index (χ0v) is 26.6. The summed E-state index contributed by atoms with van der Waals surface area (Å²) in [4.78, 5) is 0. The van der Waals surface area contributed by atoms with Crippen molar-refractivity contribution in [2.45, 2.75) is 44.9 Å². The van der Waals surface area contributed by atoms with E-state index in [2.05, 4.69) is 135 Å². The summed E-state index contributed by atoms with van der Waals surface area (Å²) in [7, 11) is -0.618. The van der Waals surface area contributed by atoms with Crippen LogP contribution in [-0.2, 0) is 21.1 Å². The van der Waals surface area contributed by atoms with Crippen LogP contribution in [0.5, 0.6) is 0 Å². The molecular formula is C35H42P2Pt. The summed E-state index contributed by atoms with van der Waals surface area (Å²) >= 11 is 0. The van der Waals surface area contributed by atoms with Crippen LogP contribution in [0.3, 0.4) is 0 Å². The molecule has 0 unspecified atom stereocenters. The Morgan fingerprint density at radius 2 is 0.632 bits per heavy atom. The van der Waals surface area contributed by atoms with Gasteiger partial charge in [0.25, 0.3) is 0 Å². The van der Waals surface area contributed by atoms with Crippen LogP contribution in [0.4, 0.5) is 0 Å². The van der Waals surface area contributed by atoms with E-state index in [1.165, 1.54) is 65.6 Å². The summed E-state index contributed by atoms with van der Waals surface area (Å²) in [6, 6.07) is 44.3. The molecule has 0 amide bonds. The second kappa shape index (κ2) is 20.3. The van der Waals surface area contributed by atoms with Crippen LogP contribution in [0, 0.1) is 13.8 Å². The molecule has 0 fully saturated rings. The predicted molar refractivity (Wildman–Crippen MR) is 171 cm³/mol. The van der Waals surface area contributed by atoms with Gasteiger partial charge in [-0.1, -0.05) is 147 Å². The first-order valence-corrected chi connectivity index (χ1v) is 16.7. The van der Waals surface area contributed by atoms with Gasteiger partial charge in [-0.3, -0.25) is 0 Å². The van der Waals surface area contributed by atoms with E-state index in [9.17, 15) is 0 Å². The first-order valence-electron chi connectivity index (χ1n) is 13.7. The fourth-order valence-corrected chi connectivity index (χ4v) is 9.30. The van der Waals surface area contributed by atoms with Gasteiger partial charge >= 0.3 is 21.1 Å². The van der Waals surface area contributed by atoms with Gasteiger partial charge in [-0.05, 0) is 55.8 Å². The van der Waals surface area contributed by atoms with Crippen molar-refractivity contribution in [2.24, 2.45) is 0 Å². The summed E-state index contributed by atoms with van der Waals surface area (Å²) in [5.74, 6) is 0. The molecule has 4 aromatic carbocycles. The van der Waals surface area contributed by atoms with E-state index in [4.69, 9.17) is 0 Å². The third-order valence-corrected chi connectivity index (χ3v) is 11.5. The average molecular weight is 720 g/mol. The Kier molecular flexibility index (Phi) is 17.5. The standard InChI is InChI=1S/C27H26P2.C8H16.Pt/c1-5-14-24(15-6-1)28(25-16-7-2-8-17-25)22-13-23-29(26-18-9-3-10-19-26)27-20-11-4-12-21-27;1-3-5-7-8-6-4-2;/h1-12,14-21H,13,22-23H2;1-8H2;/q;-2;+2. The van der Waals surface area contributed by atoms with Crippen molar-refractivity contribution in [1.82, 2.24) is 0 Å². The molecule has 0 N–H and O–H groups in total. The third-order valence-electron chi connectivity index (χ3n) is 6.28. The predicted octanol–water partition coefficient (Wildman–Crippen LogP) is 8.63. The molecule has 3 heteroatoms. The Bertz CT molecular complexity index is 904. The van der Waals surface area contributed by atoms with E-state index in [0.29, 0.717) is 0 Å². The average Bonchev–Trinajstić information content (AvgIpc) is 2.98. The van der Waals surface area contributed by atoms with Crippen molar-refractivity contribution in [3.8, 4) is 0 Å². The van der Waals surface area contributed by atoms with Gasteiger partial charge in [0.15, 0.2) is 0 Å². The SMILES string of the molecule is [CH2-]CCCCCC[CH2-].[Pt+2].c1ccc(P(CCCP(c2ccccc2)c2ccccc2)c2ccccc2)cc1. The Balaban J connectivity index is 0.000000493. The van der Waals surface area contributed by atoms with Crippen LogP contribution in [0.15, 0.2) is 121 Å². The summed E-state index contributed by atoms with van der Waals surface area (Å²) in [6.45, 7) is 7.54. The quantitative estimate of drug-likeness (QED) is 0.0738. The van der Waals surface area contributed by atoms with Gasteiger partial charge in [-0.25, -0.2) is 0 Å². The monoisotopic (exact) mass is 719 g/mol. The van der Waals surface area contributed by atoms with Gasteiger partial charge < -0.3 is 13.8 Å². The number of benzene rings is 4. The molecule has 0 aromatic heterocycles. The Morgan fingerprint density at radius 1 is 0.368 bits per heavy atom. The van der Waals surface area contributed by atoms with Crippen molar-refractivity contribution < 1.29 is 21.1 Å². The molecule has 0 nitrogen and oxygen atoms in total. The largest absolute Gasteiger partial charge is 2.00 e. The van der Waals surface area contributed by atoms with Crippen LogP contribution in [0.25, 0.3) is 0 Å². The maximum absolute atomic E-state index is 3.77. The first-order chi connectivity index (χ1) is 18.3. The van der Waals surface area contributed by atoms with Crippen LogP contribution in [-0.4, -0.2) is 12.3 Å². The normalized spacial score (nSPS) is 10.5. The number of unbranched alkanes of at least 4 members (excludes halogenated alkanes) is 5. The van der Waals surface area contributed by atoms with Gasteiger partial charge in [0.2, 0.25) is 0 Å². The Labute approximate surface area is 249 Å². The molecule has 0 radical (unpaired) electrons. The van der Waals surface area contributed by atoms with E-state index in [0.717, 1.165) is 12.8 Å². The second-order valence-corrected chi connectivity index (χ2v) is 13.8. The number of hydrogen-bond acceptors (Lipinski definition) is 0. The van der Waals surface area contributed by atoms with Gasteiger partial charge in [0, 0.05) is 0 Å². The van der Waals surface area contributed by atoms with E-state index in [1.807, 2.05) is 0 Å². The van der Waals surface area contributed by atoms with E-state index >= 15 is 0 Å². The molecule has 0 saturated heterocycles.